The van der Waals surface area contributed by atoms with Crippen LogP contribution in [0.2, 0.25) is 0 Å². The van der Waals surface area contributed by atoms with Gasteiger partial charge >= 0.3 is 0 Å². The van der Waals surface area contributed by atoms with Crippen LogP contribution < -0.4 is 5.32 Å². The molecule has 1 N–H and O–H groups in total. The van der Waals surface area contributed by atoms with Gasteiger partial charge in [-0.3, -0.25) is 9.59 Å². The molecule has 2 rings (SSSR count). The van der Waals surface area contributed by atoms with E-state index in [2.05, 4.69) is 10.3 Å². The second kappa shape index (κ2) is 4.99. The number of pyridine rings is 1. The lowest BCUT2D eigenvalue weighted by atomic mass is 10.1. The maximum absolute atomic E-state index is 12.1. The highest BCUT2D eigenvalue weighted by Gasteiger charge is 2.39. The smallest absolute Gasteiger partial charge is 0.230 e. The first-order valence-electron chi connectivity index (χ1n) is 6.40. The molecule has 1 aromatic heterocycles. The van der Waals surface area contributed by atoms with E-state index in [-0.39, 0.29) is 29.7 Å². The number of amides is 2. The van der Waals surface area contributed by atoms with Gasteiger partial charge in [-0.05, 0) is 32.9 Å². The summed E-state index contributed by atoms with van der Waals surface area (Å²) in [4.78, 5) is 29.8. The Kier molecular flexibility index (Phi) is 3.55. The van der Waals surface area contributed by atoms with Gasteiger partial charge in [-0.15, -0.1) is 0 Å². The van der Waals surface area contributed by atoms with Crippen molar-refractivity contribution in [3.63, 3.8) is 0 Å². The summed E-state index contributed by atoms with van der Waals surface area (Å²) < 4.78 is 0. The fourth-order valence-corrected chi connectivity index (χ4v) is 2.20. The average Bonchev–Trinajstić information content (AvgIpc) is 2.72. The SMILES string of the molecule is CC(C)(C)N1CC(C(=O)Nc2ccccn2)CC1=O. The van der Waals surface area contributed by atoms with E-state index >= 15 is 0 Å². The van der Waals surface area contributed by atoms with Crippen molar-refractivity contribution in [1.29, 1.82) is 0 Å². The number of likely N-dealkylation sites (tertiary alicyclic amines) is 1. The second-order valence-corrected chi connectivity index (χ2v) is 5.78. The third kappa shape index (κ3) is 3.10. The number of nitrogens with zero attached hydrogens (tertiary/aromatic N) is 2. The van der Waals surface area contributed by atoms with Crippen molar-refractivity contribution in [2.75, 3.05) is 11.9 Å². The molecule has 0 saturated carbocycles. The predicted octanol–water partition coefficient (Wildman–Crippen LogP) is 1.67. The summed E-state index contributed by atoms with van der Waals surface area (Å²) in [6, 6.07) is 5.33. The molecule has 19 heavy (non-hydrogen) atoms. The van der Waals surface area contributed by atoms with Crippen LogP contribution in [0.4, 0.5) is 5.82 Å². The Labute approximate surface area is 113 Å². The molecule has 102 valence electrons. The highest BCUT2D eigenvalue weighted by molar-refractivity contribution is 5.96. The van der Waals surface area contributed by atoms with Gasteiger partial charge in [0.2, 0.25) is 11.8 Å². The Balaban J connectivity index is 2.01. The molecule has 1 unspecified atom stereocenters. The van der Waals surface area contributed by atoms with Crippen LogP contribution in [0.15, 0.2) is 24.4 Å². The molecular weight excluding hydrogens is 242 g/mol. The van der Waals surface area contributed by atoms with Crippen molar-refractivity contribution in [1.82, 2.24) is 9.88 Å². The maximum atomic E-state index is 12.1. The molecule has 0 radical (unpaired) electrons. The van der Waals surface area contributed by atoms with Crippen LogP contribution in [0.5, 0.6) is 0 Å². The van der Waals surface area contributed by atoms with Gasteiger partial charge in [0.25, 0.3) is 0 Å². The zero-order valence-electron chi connectivity index (χ0n) is 11.5. The number of anilines is 1. The van der Waals surface area contributed by atoms with E-state index in [1.165, 1.54) is 0 Å². The number of hydrogen-bond acceptors (Lipinski definition) is 3. The minimum Gasteiger partial charge on any atom is -0.337 e. The summed E-state index contributed by atoms with van der Waals surface area (Å²) in [6.07, 6.45) is 1.90. The number of carbonyl (C=O) groups is 2. The van der Waals surface area contributed by atoms with E-state index < -0.39 is 0 Å². The van der Waals surface area contributed by atoms with Gasteiger partial charge in [-0.25, -0.2) is 4.98 Å². The molecule has 0 aromatic carbocycles. The first kappa shape index (κ1) is 13.5. The molecule has 1 saturated heterocycles. The number of carbonyl (C=O) groups excluding carboxylic acids is 2. The third-order valence-corrected chi connectivity index (χ3v) is 3.22. The Morgan fingerprint density at radius 3 is 2.68 bits per heavy atom. The van der Waals surface area contributed by atoms with Gasteiger partial charge < -0.3 is 10.2 Å². The van der Waals surface area contributed by atoms with Gasteiger partial charge in [0.1, 0.15) is 5.82 Å². The van der Waals surface area contributed by atoms with Gasteiger partial charge in [-0.1, -0.05) is 6.07 Å². The minimum absolute atomic E-state index is 0.0358. The first-order chi connectivity index (χ1) is 8.88. The molecule has 0 bridgehead atoms. The van der Waals surface area contributed by atoms with Crippen molar-refractivity contribution >= 4 is 17.6 Å². The molecule has 1 aliphatic rings. The fourth-order valence-electron chi connectivity index (χ4n) is 2.20. The van der Waals surface area contributed by atoms with Crippen LogP contribution in [-0.4, -0.2) is 33.8 Å². The zero-order chi connectivity index (χ0) is 14.0. The monoisotopic (exact) mass is 261 g/mol. The molecule has 1 aliphatic heterocycles. The predicted molar refractivity (Wildman–Crippen MR) is 72.4 cm³/mol. The molecular formula is C14H19N3O2. The highest BCUT2D eigenvalue weighted by Crippen LogP contribution is 2.26. The van der Waals surface area contributed by atoms with Crippen LogP contribution in [0.25, 0.3) is 0 Å². The number of rotatable bonds is 2. The van der Waals surface area contributed by atoms with Gasteiger partial charge in [-0.2, -0.15) is 0 Å². The largest absolute Gasteiger partial charge is 0.337 e. The molecule has 0 aliphatic carbocycles. The Morgan fingerprint density at radius 2 is 2.16 bits per heavy atom. The van der Waals surface area contributed by atoms with Gasteiger partial charge in [0, 0.05) is 24.7 Å². The van der Waals surface area contributed by atoms with Crippen molar-refractivity contribution in [2.24, 2.45) is 5.92 Å². The van der Waals surface area contributed by atoms with Crippen molar-refractivity contribution in [3.8, 4) is 0 Å². The molecule has 1 fully saturated rings. The highest BCUT2D eigenvalue weighted by atomic mass is 16.2. The first-order valence-corrected chi connectivity index (χ1v) is 6.40. The van der Waals surface area contributed by atoms with E-state index in [1.807, 2.05) is 26.8 Å². The minimum atomic E-state index is -0.297. The molecule has 5 heteroatoms. The second-order valence-electron chi connectivity index (χ2n) is 5.78. The lowest BCUT2D eigenvalue weighted by molar-refractivity contribution is -0.131. The van der Waals surface area contributed by atoms with Crippen LogP contribution in [0, 0.1) is 5.92 Å². The van der Waals surface area contributed by atoms with E-state index in [0.29, 0.717) is 12.4 Å². The van der Waals surface area contributed by atoms with Crippen LogP contribution in [0.3, 0.4) is 0 Å². The van der Waals surface area contributed by atoms with Gasteiger partial charge in [0.05, 0.1) is 5.92 Å². The number of aromatic nitrogens is 1. The van der Waals surface area contributed by atoms with Crippen LogP contribution >= 0.6 is 0 Å². The number of nitrogens with one attached hydrogen (secondary N) is 1. The summed E-state index contributed by atoms with van der Waals surface area (Å²) >= 11 is 0. The topological polar surface area (TPSA) is 62.3 Å². The Bertz CT molecular complexity index is 479. The average molecular weight is 261 g/mol. The van der Waals surface area contributed by atoms with Crippen molar-refractivity contribution in [3.05, 3.63) is 24.4 Å². The lowest BCUT2D eigenvalue weighted by Gasteiger charge is -2.31. The van der Waals surface area contributed by atoms with E-state index in [9.17, 15) is 9.59 Å². The third-order valence-electron chi connectivity index (χ3n) is 3.22. The van der Waals surface area contributed by atoms with E-state index in [4.69, 9.17) is 0 Å². The standard InChI is InChI=1S/C14H19N3O2/c1-14(2,3)17-9-10(8-12(17)18)13(19)16-11-6-4-5-7-15-11/h4-7,10H,8-9H2,1-3H3,(H,15,16,19). The van der Waals surface area contributed by atoms with Crippen molar-refractivity contribution < 1.29 is 9.59 Å². The summed E-state index contributed by atoms with van der Waals surface area (Å²) in [6.45, 7) is 6.40. The molecule has 0 spiro atoms. The molecule has 2 heterocycles. The van der Waals surface area contributed by atoms with Crippen LogP contribution in [-0.2, 0) is 9.59 Å². The van der Waals surface area contributed by atoms with Gasteiger partial charge in [0.15, 0.2) is 0 Å². The Morgan fingerprint density at radius 1 is 1.42 bits per heavy atom. The lowest BCUT2D eigenvalue weighted by Crippen LogP contribution is -2.42. The molecule has 2 amide bonds. The zero-order valence-corrected chi connectivity index (χ0v) is 11.5. The fraction of sp³-hybridized carbons (Fsp3) is 0.500. The van der Waals surface area contributed by atoms with E-state index in [1.54, 1.807) is 23.2 Å². The quantitative estimate of drug-likeness (QED) is 0.880. The van der Waals surface area contributed by atoms with Crippen LogP contribution in [0.1, 0.15) is 27.2 Å². The summed E-state index contributed by atoms with van der Waals surface area (Å²) in [5.74, 6) is 0.121. The summed E-state index contributed by atoms with van der Waals surface area (Å²) in [5.41, 5.74) is -0.239. The summed E-state index contributed by atoms with van der Waals surface area (Å²) in [5, 5.41) is 2.75. The van der Waals surface area contributed by atoms with E-state index in [0.717, 1.165) is 0 Å². The number of hydrogen-bond donors (Lipinski definition) is 1. The molecule has 1 atom stereocenters. The molecule has 5 nitrogen and oxygen atoms in total. The molecule has 1 aromatic rings. The Hall–Kier alpha value is -1.91. The van der Waals surface area contributed by atoms with Crippen molar-refractivity contribution in [2.45, 2.75) is 32.7 Å². The summed E-state index contributed by atoms with van der Waals surface area (Å²) in [7, 11) is 0. The maximum Gasteiger partial charge on any atom is 0.230 e. The normalized spacial score (nSPS) is 19.6.